The molecule has 8 heterocycles. The topological polar surface area (TPSA) is 120 Å². The first-order valence-corrected chi connectivity index (χ1v) is 21.4. The SMILES string of the molecule is Nc1ncc(-c2cn(C34C5CN(CCOCC[NH2+]c6ncc(-c7cn(C89C%10CN(CCF)C8C%109)c(CC8CC8)n7)cc6C(F)(F)F)C3C54)c(CC3CC3)n2)cc1C(F)(F)F. The number of pyridine rings is 2. The number of alkyl halides is 7. The van der Waals surface area contributed by atoms with E-state index in [1.54, 1.807) is 0 Å². The molecular formula is C42H46F7N10O+. The fraction of sp³-hybridized carbons (Fsp3) is 0.619. The van der Waals surface area contributed by atoms with Crippen LogP contribution >= 0.6 is 0 Å². The number of aromatic nitrogens is 6. The molecule has 0 amide bonds. The van der Waals surface area contributed by atoms with Crippen molar-refractivity contribution in [1.82, 2.24) is 38.9 Å². The number of quaternary nitrogens is 1. The van der Waals surface area contributed by atoms with E-state index in [0.29, 0.717) is 84.2 Å². The van der Waals surface area contributed by atoms with Gasteiger partial charge in [-0.15, -0.1) is 0 Å². The van der Waals surface area contributed by atoms with Crippen molar-refractivity contribution in [3.8, 4) is 22.5 Å². The van der Waals surface area contributed by atoms with Crippen molar-refractivity contribution in [2.45, 2.75) is 74.0 Å². The number of rotatable bonds is 17. The number of imidazole rings is 2. The van der Waals surface area contributed by atoms with Gasteiger partial charge in [0, 0.05) is 111 Å². The van der Waals surface area contributed by atoms with Crippen LogP contribution in [0.5, 0.6) is 0 Å². The van der Waals surface area contributed by atoms with Gasteiger partial charge in [-0.1, -0.05) is 0 Å². The number of nitrogens with zero attached hydrogens (tertiary/aromatic N) is 8. The molecule has 10 fully saturated rings. The maximum Gasteiger partial charge on any atom is 0.423 e. The monoisotopic (exact) mass is 839 g/mol. The highest BCUT2D eigenvalue weighted by molar-refractivity contribution is 5.64. The number of nitrogen functional groups attached to an aromatic ring is 1. The summed E-state index contributed by atoms with van der Waals surface area (Å²) in [4.78, 5) is 22.5. The third kappa shape index (κ3) is 5.61. The summed E-state index contributed by atoms with van der Waals surface area (Å²) in [7, 11) is 0. The summed E-state index contributed by atoms with van der Waals surface area (Å²) in [5, 5.41) is 1.48. The lowest BCUT2D eigenvalue weighted by Crippen LogP contribution is -2.80. The summed E-state index contributed by atoms with van der Waals surface area (Å²) in [5.74, 6) is 4.05. The molecule has 14 rings (SSSR count). The third-order valence-electron chi connectivity index (χ3n) is 15.2. The smallest absolute Gasteiger partial charge is 0.383 e. The molecule has 8 unspecified atom stereocenters. The highest BCUT2D eigenvalue weighted by Crippen LogP contribution is 2.84. The first-order valence-electron chi connectivity index (χ1n) is 21.4. The predicted molar refractivity (Wildman–Crippen MR) is 202 cm³/mol. The molecule has 4 aliphatic heterocycles. The van der Waals surface area contributed by atoms with E-state index >= 15 is 0 Å². The van der Waals surface area contributed by atoms with Gasteiger partial charge < -0.3 is 19.6 Å². The lowest BCUT2D eigenvalue weighted by Gasteiger charge is -2.18. The number of anilines is 1. The van der Waals surface area contributed by atoms with Gasteiger partial charge in [-0.3, -0.25) is 15.1 Å². The van der Waals surface area contributed by atoms with E-state index in [0.717, 1.165) is 75.4 Å². The summed E-state index contributed by atoms with van der Waals surface area (Å²) in [5.41, 5.74) is 5.20. The number of halogens is 7. The van der Waals surface area contributed by atoms with E-state index in [1.165, 1.54) is 17.7 Å². The summed E-state index contributed by atoms with van der Waals surface area (Å²) in [6, 6.07) is 2.78. The minimum atomic E-state index is -4.62. The number of hydrogen-bond acceptors (Lipinski definition) is 8. The largest absolute Gasteiger partial charge is 0.423 e. The second kappa shape index (κ2) is 12.7. The molecule has 11 nitrogen and oxygen atoms in total. The van der Waals surface area contributed by atoms with E-state index in [-0.39, 0.29) is 42.3 Å². The zero-order valence-corrected chi connectivity index (χ0v) is 32.8. The Hall–Kier alpha value is -4.13. The normalized spacial score (nSPS) is 32.1. The van der Waals surface area contributed by atoms with E-state index in [4.69, 9.17) is 20.4 Å². The fourth-order valence-electron chi connectivity index (χ4n) is 11.9. The van der Waals surface area contributed by atoms with Crippen LogP contribution in [0.15, 0.2) is 36.9 Å². The van der Waals surface area contributed by atoms with Crippen molar-refractivity contribution < 1.29 is 40.8 Å². The van der Waals surface area contributed by atoms with E-state index in [9.17, 15) is 30.7 Å². The van der Waals surface area contributed by atoms with Gasteiger partial charge in [-0.05, 0) is 49.7 Å². The number of ether oxygens (including phenoxy) is 1. The molecule has 4 saturated heterocycles. The van der Waals surface area contributed by atoms with Crippen molar-refractivity contribution in [3.63, 3.8) is 0 Å². The Bertz CT molecular complexity index is 2380. The zero-order valence-electron chi connectivity index (χ0n) is 32.8. The van der Waals surface area contributed by atoms with Crippen LogP contribution in [-0.4, -0.2) is 104 Å². The standard InChI is InChI=1S/C42H45F7N10O/c43-5-7-56-17-27-33-35(56)39(27,33)58-20-30(55-32(58)12-22-3-4-22)24-14-26(42(47,48)49)38(53-16-24)51-6-9-60-10-8-57-18-28-34-36(57)40(28,34)59-19-29(54-31(59)11-21-1-2-21)23-13-25(41(44,45)46)37(50)52-15-23/h13-16,19-22,27-28,33-36H,1-12,17-18H2,(H2,50,52)(H,51,53)/p+1. The molecular weight excluding hydrogens is 794 g/mol. The lowest BCUT2D eigenvalue weighted by molar-refractivity contribution is -0.578. The number of piperidine rings is 2. The third-order valence-corrected chi connectivity index (χ3v) is 15.2. The molecule has 4 N–H and O–H groups in total. The Labute approximate surface area is 340 Å². The second-order valence-electron chi connectivity index (χ2n) is 18.6. The Morgan fingerprint density at radius 1 is 0.733 bits per heavy atom. The molecule has 6 aliphatic carbocycles. The molecule has 10 aliphatic rings. The van der Waals surface area contributed by atoms with E-state index in [2.05, 4.69) is 28.9 Å². The molecule has 0 spiro atoms. The molecule has 4 aromatic heterocycles. The number of fused-ring (bicyclic) bond motifs is 2. The molecule has 4 aromatic rings. The van der Waals surface area contributed by atoms with Crippen molar-refractivity contribution in [1.29, 1.82) is 0 Å². The highest BCUT2D eigenvalue weighted by atomic mass is 19.4. The van der Waals surface area contributed by atoms with Crippen molar-refractivity contribution >= 4 is 11.6 Å². The molecule has 8 atom stereocenters. The zero-order chi connectivity index (χ0) is 41.1. The second-order valence-corrected chi connectivity index (χ2v) is 18.6. The quantitative estimate of drug-likeness (QED) is 0.114. The van der Waals surface area contributed by atoms with Crippen molar-refractivity contribution in [2.75, 3.05) is 58.3 Å². The minimum Gasteiger partial charge on any atom is -0.383 e. The number of nitrogens with two attached hydrogens (primary N) is 2. The Morgan fingerprint density at radius 2 is 1.27 bits per heavy atom. The van der Waals surface area contributed by atoms with Crippen LogP contribution in [0, 0.1) is 35.5 Å². The molecule has 0 radical (unpaired) electrons. The van der Waals surface area contributed by atoms with Gasteiger partial charge in [-0.25, -0.2) is 24.3 Å². The van der Waals surface area contributed by atoms with E-state index < -0.39 is 29.3 Å². The van der Waals surface area contributed by atoms with Crippen LogP contribution in [0.25, 0.3) is 22.5 Å². The van der Waals surface area contributed by atoms with Crippen molar-refractivity contribution in [3.05, 3.63) is 59.7 Å². The van der Waals surface area contributed by atoms with Crippen LogP contribution in [0.4, 0.5) is 42.4 Å². The summed E-state index contributed by atoms with van der Waals surface area (Å²) >= 11 is 0. The first kappa shape index (κ1) is 37.6. The Kier molecular flexibility index (Phi) is 7.98. The van der Waals surface area contributed by atoms with Gasteiger partial charge in [0.2, 0.25) is 5.82 Å². The van der Waals surface area contributed by atoms with Gasteiger partial charge in [0.25, 0.3) is 0 Å². The lowest BCUT2D eigenvalue weighted by atomic mass is 10.1. The van der Waals surface area contributed by atoms with Gasteiger partial charge in [0.15, 0.2) is 0 Å². The molecule has 18 heteroatoms. The summed E-state index contributed by atoms with van der Waals surface area (Å²) < 4.78 is 108. The summed E-state index contributed by atoms with van der Waals surface area (Å²) in [6.07, 6.45) is 3.50. The Morgan fingerprint density at radius 3 is 1.78 bits per heavy atom. The van der Waals surface area contributed by atoms with Gasteiger partial charge in [-0.2, -0.15) is 26.3 Å². The molecule has 318 valence electrons. The average molecular weight is 840 g/mol. The van der Waals surface area contributed by atoms with Crippen molar-refractivity contribution in [2.24, 2.45) is 35.5 Å². The summed E-state index contributed by atoms with van der Waals surface area (Å²) in [6.45, 7) is 3.37. The molecule has 6 saturated carbocycles. The molecule has 60 heavy (non-hydrogen) atoms. The minimum absolute atomic E-state index is 0.0771. The maximum atomic E-state index is 14.5. The van der Waals surface area contributed by atoms with Gasteiger partial charge >= 0.3 is 12.4 Å². The van der Waals surface area contributed by atoms with Crippen LogP contribution in [-0.2, 0) is 41.0 Å². The van der Waals surface area contributed by atoms with Gasteiger partial charge in [0.05, 0.1) is 41.2 Å². The van der Waals surface area contributed by atoms with Crippen LogP contribution in [0.1, 0.15) is 48.5 Å². The first-order chi connectivity index (χ1) is 28.8. The number of hydrogen-bond donors (Lipinski definition) is 2. The highest BCUT2D eigenvalue weighted by Gasteiger charge is 2.94. The average Bonchev–Trinajstić information content (AvgIpc) is 4.11. The van der Waals surface area contributed by atoms with Crippen LogP contribution in [0.2, 0.25) is 0 Å². The Balaban J connectivity index is 0.679. The molecule has 4 bridgehead atoms. The van der Waals surface area contributed by atoms with E-state index in [1.807, 2.05) is 12.4 Å². The maximum absolute atomic E-state index is 14.5. The molecule has 0 aromatic carbocycles. The van der Waals surface area contributed by atoms with Crippen LogP contribution in [0.3, 0.4) is 0 Å². The van der Waals surface area contributed by atoms with Gasteiger partial charge in [0.1, 0.15) is 36.2 Å². The predicted octanol–water partition coefficient (Wildman–Crippen LogP) is 4.89. The fourth-order valence-corrected chi connectivity index (χ4v) is 11.9. The van der Waals surface area contributed by atoms with Crippen LogP contribution < -0.4 is 11.1 Å².